The fraction of sp³-hybridized carbons (Fsp3) is 0.304. The number of aryl methyl sites for hydroxylation is 1. The molecule has 2 aromatic carbocycles. The Bertz CT molecular complexity index is 1130. The minimum atomic E-state index is -3.73. The lowest BCUT2D eigenvalue weighted by atomic mass is 9.99. The first kappa shape index (κ1) is 23.6. The Morgan fingerprint density at radius 2 is 1.78 bits per heavy atom. The van der Waals surface area contributed by atoms with Crippen LogP contribution in [0, 0.1) is 5.82 Å². The molecule has 7 nitrogen and oxygen atoms in total. The van der Waals surface area contributed by atoms with E-state index in [2.05, 4.69) is 14.7 Å². The van der Waals surface area contributed by atoms with Gasteiger partial charge in [0.15, 0.2) is 0 Å². The maximum absolute atomic E-state index is 13.1. The van der Waals surface area contributed by atoms with Crippen molar-refractivity contribution in [3.8, 4) is 0 Å². The summed E-state index contributed by atoms with van der Waals surface area (Å²) in [5.74, 6) is 0.0701. The fourth-order valence-corrected chi connectivity index (χ4v) is 4.36. The molecule has 1 aromatic heterocycles. The molecule has 0 aliphatic carbocycles. The lowest BCUT2D eigenvalue weighted by Crippen LogP contribution is -2.26. The van der Waals surface area contributed by atoms with E-state index >= 15 is 0 Å². The van der Waals surface area contributed by atoms with Crippen LogP contribution in [0.2, 0.25) is 0 Å². The third kappa shape index (κ3) is 7.00. The molecule has 0 bridgehead atoms. The van der Waals surface area contributed by atoms with Gasteiger partial charge in [-0.05, 0) is 60.7 Å². The molecule has 0 amide bonds. The molecule has 0 spiro atoms. The predicted octanol–water partition coefficient (Wildman–Crippen LogP) is 3.16. The van der Waals surface area contributed by atoms with Gasteiger partial charge in [0.1, 0.15) is 11.6 Å². The second-order valence-corrected chi connectivity index (χ2v) is 9.04. The number of halogens is 1. The number of nitrogens with one attached hydrogen (secondary N) is 2. The van der Waals surface area contributed by atoms with E-state index in [1.165, 1.54) is 12.1 Å². The van der Waals surface area contributed by atoms with Gasteiger partial charge in [-0.2, -0.15) is 0 Å². The van der Waals surface area contributed by atoms with Crippen molar-refractivity contribution in [2.45, 2.75) is 37.5 Å². The molecule has 3 rings (SSSR count). The van der Waals surface area contributed by atoms with Crippen molar-refractivity contribution < 1.29 is 22.3 Å². The molecule has 0 radical (unpaired) electrons. The van der Waals surface area contributed by atoms with Gasteiger partial charge >= 0.3 is 5.97 Å². The Hall–Kier alpha value is -3.04. The molecule has 2 N–H and O–H groups in total. The molecule has 0 aliphatic heterocycles. The third-order valence-corrected chi connectivity index (χ3v) is 6.27. The molecule has 0 aliphatic rings. The molecule has 32 heavy (non-hydrogen) atoms. The molecule has 0 atom stereocenters. The smallest absolute Gasteiger partial charge is 0.306 e. The van der Waals surface area contributed by atoms with Gasteiger partial charge < -0.3 is 9.72 Å². The van der Waals surface area contributed by atoms with Crippen LogP contribution in [0.3, 0.4) is 0 Å². The Labute approximate surface area is 187 Å². The van der Waals surface area contributed by atoms with Gasteiger partial charge in [0.25, 0.3) is 0 Å². The van der Waals surface area contributed by atoms with E-state index in [0.29, 0.717) is 25.9 Å². The number of carbonyl (C=O) groups excluding carboxylic acids is 1. The Morgan fingerprint density at radius 1 is 1.09 bits per heavy atom. The third-order valence-electron chi connectivity index (χ3n) is 4.79. The summed E-state index contributed by atoms with van der Waals surface area (Å²) in [6.45, 7) is 2.30. The highest BCUT2D eigenvalue weighted by atomic mass is 32.2. The van der Waals surface area contributed by atoms with E-state index in [0.717, 1.165) is 34.6 Å². The van der Waals surface area contributed by atoms with Crippen LogP contribution in [-0.4, -0.2) is 37.5 Å². The second kappa shape index (κ2) is 11.0. The van der Waals surface area contributed by atoms with E-state index in [1.54, 1.807) is 19.3 Å². The van der Waals surface area contributed by atoms with E-state index in [1.807, 2.05) is 18.2 Å². The van der Waals surface area contributed by atoms with Crippen LogP contribution < -0.4 is 4.72 Å². The average molecular weight is 460 g/mol. The minimum Gasteiger partial charge on any atom is -0.466 e. The van der Waals surface area contributed by atoms with Crippen molar-refractivity contribution in [2.24, 2.45) is 0 Å². The molecule has 170 valence electrons. The number of nitrogens with zero attached hydrogens (tertiary/aromatic N) is 1. The summed E-state index contributed by atoms with van der Waals surface area (Å²) in [4.78, 5) is 19.1. The number of sulfonamides is 1. The highest BCUT2D eigenvalue weighted by Gasteiger charge is 2.14. The first-order valence-corrected chi connectivity index (χ1v) is 11.8. The van der Waals surface area contributed by atoms with Crippen molar-refractivity contribution in [2.75, 3.05) is 13.2 Å². The van der Waals surface area contributed by atoms with Crippen LogP contribution in [0.1, 0.15) is 35.9 Å². The maximum Gasteiger partial charge on any atom is 0.306 e. The number of aromatic nitrogens is 2. The highest BCUT2D eigenvalue weighted by Crippen LogP contribution is 2.16. The van der Waals surface area contributed by atoms with Crippen molar-refractivity contribution >= 4 is 16.0 Å². The summed E-state index contributed by atoms with van der Waals surface area (Å²) in [6, 6.07) is 10.7. The monoisotopic (exact) mass is 459 g/mol. The molecule has 0 saturated carbocycles. The number of H-pyrrole nitrogens is 1. The number of benzene rings is 2. The molecule has 0 saturated heterocycles. The molecule has 0 fully saturated rings. The summed E-state index contributed by atoms with van der Waals surface area (Å²) in [6.07, 6.45) is 5.29. The topological polar surface area (TPSA) is 101 Å². The summed E-state index contributed by atoms with van der Waals surface area (Å²) < 4.78 is 45.5. The number of aromatic amines is 1. The van der Waals surface area contributed by atoms with Crippen molar-refractivity contribution in [3.05, 3.63) is 83.2 Å². The largest absolute Gasteiger partial charge is 0.466 e. The van der Waals surface area contributed by atoms with E-state index < -0.39 is 15.8 Å². The van der Waals surface area contributed by atoms with Gasteiger partial charge in [-0.15, -0.1) is 0 Å². The van der Waals surface area contributed by atoms with Crippen molar-refractivity contribution in [3.63, 3.8) is 0 Å². The van der Waals surface area contributed by atoms with Gasteiger partial charge in [0.05, 0.1) is 11.5 Å². The van der Waals surface area contributed by atoms with Crippen LogP contribution in [0.15, 0.2) is 59.8 Å². The standard InChI is InChI=1S/C23H26FN3O4S/c1-2-31-23(28)8-3-17-13-18(15-19(14-17)16-22-25-11-12-26-22)9-10-27-32(29,30)21-6-4-20(24)5-7-21/h4-7,11-15,27H,2-3,8-10,16H2,1H3,(H,25,26). The summed E-state index contributed by atoms with van der Waals surface area (Å²) >= 11 is 0. The van der Waals surface area contributed by atoms with Crippen LogP contribution in [0.5, 0.6) is 0 Å². The number of ether oxygens (including phenoxy) is 1. The molecule has 1 heterocycles. The molecule has 3 aromatic rings. The zero-order valence-electron chi connectivity index (χ0n) is 17.8. The van der Waals surface area contributed by atoms with Crippen molar-refractivity contribution in [1.29, 1.82) is 0 Å². The minimum absolute atomic E-state index is 0.0144. The summed E-state index contributed by atoms with van der Waals surface area (Å²) in [7, 11) is -3.73. The Kier molecular flexibility index (Phi) is 8.13. The number of rotatable bonds is 11. The summed E-state index contributed by atoms with van der Waals surface area (Å²) in [5, 5.41) is 0. The number of esters is 1. The van der Waals surface area contributed by atoms with E-state index in [-0.39, 0.29) is 23.8 Å². The first-order chi connectivity index (χ1) is 15.4. The van der Waals surface area contributed by atoms with Gasteiger partial charge in [-0.25, -0.2) is 22.5 Å². The highest BCUT2D eigenvalue weighted by molar-refractivity contribution is 7.89. The molecule has 9 heteroatoms. The molecular weight excluding hydrogens is 433 g/mol. The molecular formula is C23H26FN3O4S. The first-order valence-electron chi connectivity index (χ1n) is 10.4. The van der Waals surface area contributed by atoms with E-state index in [4.69, 9.17) is 4.74 Å². The Morgan fingerprint density at radius 3 is 2.44 bits per heavy atom. The van der Waals surface area contributed by atoms with Gasteiger partial charge in [0, 0.05) is 31.8 Å². The van der Waals surface area contributed by atoms with E-state index in [9.17, 15) is 17.6 Å². The normalized spacial score (nSPS) is 11.4. The van der Waals surface area contributed by atoms with Gasteiger partial charge in [-0.1, -0.05) is 18.2 Å². The number of carbonyl (C=O) groups is 1. The summed E-state index contributed by atoms with van der Waals surface area (Å²) in [5.41, 5.74) is 2.92. The number of hydrogen-bond donors (Lipinski definition) is 2. The van der Waals surface area contributed by atoms with Crippen LogP contribution in [0.25, 0.3) is 0 Å². The number of hydrogen-bond acceptors (Lipinski definition) is 5. The zero-order valence-corrected chi connectivity index (χ0v) is 18.6. The van der Waals surface area contributed by atoms with Gasteiger partial charge in [0.2, 0.25) is 10.0 Å². The second-order valence-electron chi connectivity index (χ2n) is 7.28. The quantitative estimate of drug-likeness (QED) is 0.429. The lowest BCUT2D eigenvalue weighted by Gasteiger charge is -2.11. The maximum atomic E-state index is 13.1. The number of imidazole rings is 1. The van der Waals surface area contributed by atoms with Gasteiger partial charge in [-0.3, -0.25) is 4.79 Å². The molecule has 0 unspecified atom stereocenters. The van der Waals surface area contributed by atoms with Crippen LogP contribution in [0.4, 0.5) is 4.39 Å². The zero-order chi connectivity index (χ0) is 23.0. The van der Waals surface area contributed by atoms with Crippen molar-refractivity contribution in [1.82, 2.24) is 14.7 Å². The predicted molar refractivity (Wildman–Crippen MR) is 118 cm³/mol. The SMILES string of the molecule is CCOC(=O)CCc1cc(CCNS(=O)(=O)c2ccc(F)cc2)cc(Cc2ncc[nH]2)c1. The average Bonchev–Trinajstić information content (AvgIpc) is 3.26. The van der Waals surface area contributed by atoms with Crippen LogP contribution in [-0.2, 0) is 38.8 Å². The Balaban J connectivity index is 1.69. The lowest BCUT2D eigenvalue weighted by molar-refractivity contribution is -0.143. The van der Waals surface area contributed by atoms with Crippen LogP contribution >= 0.6 is 0 Å². The fourth-order valence-electron chi connectivity index (χ4n) is 3.32.